The Labute approximate surface area is 113 Å². The molecule has 3 nitrogen and oxygen atoms in total. The third-order valence-corrected chi connectivity index (χ3v) is 3.84. The van der Waals surface area contributed by atoms with Gasteiger partial charge in [-0.3, -0.25) is 0 Å². The number of ether oxygens (including phenoxy) is 1. The highest BCUT2D eigenvalue weighted by molar-refractivity contribution is 6.58. The Morgan fingerprint density at radius 1 is 1.05 bits per heavy atom. The maximum atomic E-state index is 9.15. The highest BCUT2D eigenvalue weighted by Crippen LogP contribution is 2.28. The summed E-state index contributed by atoms with van der Waals surface area (Å²) in [6.45, 7) is 0.805. The molecule has 2 N–H and O–H groups in total. The molecule has 1 saturated carbocycles. The van der Waals surface area contributed by atoms with Crippen LogP contribution in [0.3, 0.4) is 0 Å². The topological polar surface area (TPSA) is 49.7 Å². The molecular formula is C15H17BO3. The Kier molecular flexibility index (Phi) is 3.45. The van der Waals surface area contributed by atoms with Gasteiger partial charge in [-0.25, -0.2) is 0 Å². The molecule has 1 fully saturated rings. The molecule has 0 amide bonds. The molecule has 0 aliphatic heterocycles. The van der Waals surface area contributed by atoms with E-state index in [-0.39, 0.29) is 0 Å². The maximum absolute atomic E-state index is 9.15. The molecule has 3 rings (SSSR count). The normalized spacial score (nSPS) is 15.3. The van der Waals surface area contributed by atoms with Crippen molar-refractivity contribution in [3.05, 3.63) is 36.4 Å². The minimum Gasteiger partial charge on any atom is -0.493 e. The van der Waals surface area contributed by atoms with Crippen molar-refractivity contribution in [2.75, 3.05) is 6.61 Å². The van der Waals surface area contributed by atoms with E-state index in [1.807, 2.05) is 24.3 Å². The fourth-order valence-electron chi connectivity index (χ4n) is 2.37. The van der Waals surface area contributed by atoms with Crippen molar-refractivity contribution in [3.63, 3.8) is 0 Å². The first-order chi connectivity index (χ1) is 9.22. The van der Waals surface area contributed by atoms with Gasteiger partial charge in [0.05, 0.1) is 6.61 Å². The lowest BCUT2D eigenvalue weighted by Gasteiger charge is -2.25. The van der Waals surface area contributed by atoms with E-state index < -0.39 is 7.12 Å². The molecule has 4 heteroatoms. The lowest BCUT2D eigenvalue weighted by molar-refractivity contribution is 0.181. The number of benzene rings is 2. The summed E-state index contributed by atoms with van der Waals surface area (Å²) >= 11 is 0. The van der Waals surface area contributed by atoms with Crippen molar-refractivity contribution in [2.24, 2.45) is 5.92 Å². The second-order valence-electron chi connectivity index (χ2n) is 5.25. The average molecular weight is 256 g/mol. The second kappa shape index (κ2) is 5.23. The van der Waals surface area contributed by atoms with Gasteiger partial charge in [-0.05, 0) is 47.1 Å². The molecular weight excluding hydrogens is 239 g/mol. The van der Waals surface area contributed by atoms with Crippen LogP contribution < -0.4 is 10.2 Å². The van der Waals surface area contributed by atoms with Crippen LogP contribution in [-0.4, -0.2) is 23.8 Å². The Morgan fingerprint density at radius 3 is 2.47 bits per heavy atom. The van der Waals surface area contributed by atoms with Crippen LogP contribution in [0.1, 0.15) is 19.3 Å². The molecule has 19 heavy (non-hydrogen) atoms. The molecule has 0 spiro atoms. The van der Waals surface area contributed by atoms with Gasteiger partial charge in [0, 0.05) is 0 Å². The van der Waals surface area contributed by atoms with E-state index in [0.717, 1.165) is 29.0 Å². The molecule has 0 aromatic heterocycles. The molecule has 98 valence electrons. The van der Waals surface area contributed by atoms with Gasteiger partial charge in [0.15, 0.2) is 0 Å². The molecule has 0 radical (unpaired) electrons. The highest BCUT2D eigenvalue weighted by Gasteiger charge is 2.18. The van der Waals surface area contributed by atoms with Gasteiger partial charge >= 0.3 is 7.12 Å². The maximum Gasteiger partial charge on any atom is 0.488 e. The molecule has 2 aromatic carbocycles. The summed E-state index contributed by atoms with van der Waals surface area (Å²) in [5, 5.41) is 20.3. The highest BCUT2D eigenvalue weighted by atomic mass is 16.5. The third-order valence-electron chi connectivity index (χ3n) is 3.84. The molecule has 1 aliphatic carbocycles. The minimum atomic E-state index is -1.42. The van der Waals surface area contributed by atoms with Crippen LogP contribution in [0.25, 0.3) is 10.8 Å². The monoisotopic (exact) mass is 256 g/mol. The van der Waals surface area contributed by atoms with Gasteiger partial charge in [0.2, 0.25) is 0 Å². The van der Waals surface area contributed by atoms with Crippen LogP contribution in [0.4, 0.5) is 0 Å². The van der Waals surface area contributed by atoms with E-state index in [4.69, 9.17) is 14.8 Å². The smallest absolute Gasteiger partial charge is 0.488 e. The first kappa shape index (κ1) is 12.5. The van der Waals surface area contributed by atoms with Crippen LogP contribution in [0.15, 0.2) is 36.4 Å². The summed E-state index contributed by atoms with van der Waals surface area (Å²) in [6.07, 6.45) is 3.90. The SMILES string of the molecule is OB(O)c1ccc2cc(OCC3CCC3)ccc2c1. The van der Waals surface area contributed by atoms with Crippen molar-refractivity contribution in [1.29, 1.82) is 0 Å². The number of hydrogen-bond donors (Lipinski definition) is 2. The molecule has 0 unspecified atom stereocenters. The van der Waals surface area contributed by atoms with E-state index in [9.17, 15) is 0 Å². The number of fused-ring (bicyclic) bond motifs is 1. The fourth-order valence-corrected chi connectivity index (χ4v) is 2.37. The fraction of sp³-hybridized carbons (Fsp3) is 0.333. The summed E-state index contributed by atoms with van der Waals surface area (Å²) in [5.74, 6) is 1.61. The van der Waals surface area contributed by atoms with Gasteiger partial charge in [0.25, 0.3) is 0 Å². The van der Waals surface area contributed by atoms with Crippen LogP contribution in [0, 0.1) is 5.92 Å². The summed E-state index contributed by atoms with van der Waals surface area (Å²) in [4.78, 5) is 0. The molecule has 1 aliphatic rings. The van der Waals surface area contributed by atoms with Crippen molar-refractivity contribution in [3.8, 4) is 5.75 Å². The van der Waals surface area contributed by atoms with E-state index in [0.29, 0.717) is 5.46 Å². The summed E-state index contributed by atoms with van der Waals surface area (Å²) < 4.78 is 5.80. The van der Waals surface area contributed by atoms with Crippen molar-refractivity contribution < 1.29 is 14.8 Å². The zero-order chi connectivity index (χ0) is 13.2. The Bertz CT molecular complexity index is 579. The summed E-state index contributed by atoms with van der Waals surface area (Å²) in [5.41, 5.74) is 0.510. The zero-order valence-electron chi connectivity index (χ0n) is 10.7. The minimum absolute atomic E-state index is 0.510. The van der Waals surface area contributed by atoms with Gasteiger partial charge in [-0.2, -0.15) is 0 Å². The Hall–Kier alpha value is -1.52. The van der Waals surface area contributed by atoms with Crippen molar-refractivity contribution >= 4 is 23.4 Å². The van der Waals surface area contributed by atoms with E-state index in [1.165, 1.54) is 19.3 Å². The van der Waals surface area contributed by atoms with Crippen LogP contribution >= 0.6 is 0 Å². The van der Waals surface area contributed by atoms with E-state index in [2.05, 4.69) is 0 Å². The van der Waals surface area contributed by atoms with Gasteiger partial charge in [-0.15, -0.1) is 0 Å². The van der Waals surface area contributed by atoms with Crippen molar-refractivity contribution in [2.45, 2.75) is 19.3 Å². The standard InChI is InChI=1S/C15H17BO3/c17-16(18)14-6-4-13-9-15(7-5-12(13)8-14)19-10-11-2-1-3-11/h4-9,11,17-18H,1-3,10H2. The quantitative estimate of drug-likeness (QED) is 0.818. The predicted octanol–water partition coefficient (Wildman–Crippen LogP) is 1.70. The van der Waals surface area contributed by atoms with Gasteiger partial charge in [0.1, 0.15) is 5.75 Å². The summed E-state index contributed by atoms with van der Waals surface area (Å²) in [6, 6.07) is 11.3. The van der Waals surface area contributed by atoms with Crippen molar-refractivity contribution in [1.82, 2.24) is 0 Å². The van der Waals surface area contributed by atoms with Crippen LogP contribution in [0.5, 0.6) is 5.75 Å². The second-order valence-corrected chi connectivity index (χ2v) is 5.25. The Balaban J connectivity index is 1.78. The van der Waals surface area contributed by atoms with E-state index in [1.54, 1.807) is 12.1 Å². The molecule has 0 saturated heterocycles. The first-order valence-corrected chi connectivity index (χ1v) is 6.75. The van der Waals surface area contributed by atoms with Crippen LogP contribution in [0.2, 0.25) is 0 Å². The van der Waals surface area contributed by atoms with E-state index >= 15 is 0 Å². The molecule has 0 bridgehead atoms. The number of rotatable bonds is 4. The zero-order valence-corrected chi connectivity index (χ0v) is 10.7. The summed E-state index contributed by atoms with van der Waals surface area (Å²) in [7, 11) is -1.42. The lowest BCUT2D eigenvalue weighted by atomic mass is 9.79. The van der Waals surface area contributed by atoms with Gasteiger partial charge < -0.3 is 14.8 Å². The van der Waals surface area contributed by atoms with Crippen LogP contribution in [-0.2, 0) is 0 Å². The molecule has 2 aromatic rings. The molecule has 0 heterocycles. The Morgan fingerprint density at radius 2 is 1.79 bits per heavy atom. The molecule has 0 atom stereocenters. The first-order valence-electron chi connectivity index (χ1n) is 6.75. The number of hydrogen-bond acceptors (Lipinski definition) is 3. The largest absolute Gasteiger partial charge is 0.493 e. The average Bonchev–Trinajstić information content (AvgIpc) is 2.36. The van der Waals surface area contributed by atoms with Gasteiger partial charge in [-0.1, -0.05) is 30.7 Å². The lowest BCUT2D eigenvalue weighted by Crippen LogP contribution is -2.29. The third kappa shape index (κ3) is 2.75. The predicted molar refractivity (Wildman–Crippen MR) is 76.6 cm³/mol.